The van der Waals surface area contributed by atoms with Crippen molar-refractivity contribution in [1.82, 2.24) is 0 Å². The molecule has 0 aromatic carbocycles. The first-order valence-electron chi connectivity index (χ1n) is 0.730. The van der Waals surface area contributed by atoms with E-state index in [1.165, 1.54) is 0 Å². The van der Waals surface area contributed by atoms with Crippen LogP contribution in [0.1, 0.15) is 0 Å². The van der Waals surface area contributed by atoms with Crippen molar-refractivity contribution in [2.75, 3.05) is 0 Å². The predicted octanol–water partition coefficient (Wildman–Crippen LogP) is 2.13. The maximum absolute atomic E-state index is 9.26. The molecule has 0 aliphatic rings. The highest BCUT2D eigenvalue weighted by Gasteiger charge is 1.70. The summed E-state index contributed by atoms with van der Waals surface area (Å²) in [5.74, 6) is 0. The Bertz CT molecular complexity index is 36.9. The van der Waals surface area contributed by atoms with Gasteiger partial charge in [-0.05, 0) is 0 Å². The van der Waals surface area contributed by atoms with E-state index in [0.29, 0.717) is 0 Å². The smallest absolute Gasteiger partial charge is 0.239 e. The van der Waals surface area contributed by atoms with Gasteiger partial charge in [0, 0.05) is 11.0 Å². The number of hydrogen-bond acceptors (Lipinski definition) is 3. The molecule has 0 radical (unpaired) electrons. The Balaban J connectivity index is 2.65. The Kier molecular flexibility index (Phi) is 5.05. The van der Waals surface area contributed by atoms with Gasteiger partial charge in [0.25, 0.3) is 0 Å². The fourth-order valence-electron chi connectivity index (χ4n) is 0.0136. The molecular weight excluding hydrogens is 126 g/mol. The van der Waals surface area contributed by atoms with Crippen LogP contribution >= 0.6 is 26.3 Å². The Morgan fingerprint density at radius 3 is 1.60 bits per heavy atom. The molecule has 2 nitrogen and oxygen atoms in total. The average Bonchev–Trinajstić information content (AvgIpc) is 1.41. The summed E-state index contributed by atoms with van der Waals surface area (Å²) in [6, 6.07) is 0. The van der Waals surface area contributed by atoms with Crippen LogP contribution in [-0.4, -0.2) is 0 Å². The standard InChI is InChI=1S/O2P2S/c1-3-5-4-2. The van der Waals surface area contributed by atoms with Crippen molar-refractivity contribution in [3.05, 3.63) is 0 Å². The van der Waals surface area contributed by atoms with Crippen molar-refractivity contribution in [2.24, 2.45) is 0 Å². The van der Waals surface area contributed by atoms with Crippen molar-refractivity contribution in [3.8, 4) is 0 Å². The summed E-state index contributed by atoms with van der Waals surface area (Å²) in [5, 5.41) is 0. The van der Waals surface area contributed by atoms with Crippen LogP contribution in [0.5, 0.6) is 0 Å². The average molecular weight is 126 g/mol. The molecule has 0 saturated carbocycles. The van der Waals surface area contributed by atoms with Crippen molar-refractivity contribution >= 4 is 26.3 Å². The van der Waals surface area contributed by atoms with Gasteiger partial charge in [0.05, 0.1) is 0 Å². The molecule has 28 valence electrons. The second-order valence-electron chi connectivity index (χ2n) is 0.231. The predicted molar refractivity (Wildman–Crippen MR) is 22.8 cm³/mol. The van der Waals surface area contributed by atoms with Gasteiger partial charge in [-0.15, -0.1) is 0 Å². The van der Waals surface area contributed by atoms with Crippen molar-refractivity contribution in [2.45, 2.75) is 0 Å². The zero-order chi connectivity index (χ0) is 4.12. The van der Waals surface area contributed by atoms with Crippen molar-refractivity contribution in [3.63, 3.8) is 0 Å². The van der Waals surface area contributed by atoms with E-state index in [0.717, 1.165) is 11.0 Å². The zero-order valence-corrected chi connectivity index (χ0v) is 4.72. The molecule has 0 aliphatic heterocycles. The highest BCUT2D eigenvalue weighted by molar-refractivity contribution is 8.73. The van der Waals surface area contributed by atoms with Crippen LogP contribution in [0.15, 0.2) is 0 Å². The van der Waals surface area contributed by atoms with E-state index in [1.807, 2.05) is 0 Å². The van der Waals surface area contributed by atoms with Gasteiger partial charge in [-0.25, -0.2) is 0 Å². The molecule has 5 heavy (non-hydrogen) atoms. The van der Waals surface area contributed by atoms with Crippen LogP contribution < -0.4 is 0 Å². The Hall–Kier alpha value is 0.550. The van der Waals surface area contributed by atoms with Crippen LogP contribution in [0.4, 0.5) is 0 Å². The highest BCUT2D eigenvalue weighted by Crippen LogP contribution is 2.29. The molecular formula is O2P2S. The molecule has 0 aliphatic carbocycles. The van der Waals surface area contributed by atoms with E-state index in [-0.39, 0.29) is 15.3 Å². The van der Waals surface area contributed by atoms with E-state index in [1.54, 1.807) is 0 Å². The van der Waals surface area contributed by atoms with E-state index in [4.69, 9.17) is 0 Å². The maximum atomic E-state index is 9.26. The molecule has 5 heteroatoms. The van der Waals surface area contributed by atoms with Crippen LogP contribution in [0.25, 0.3) is 0 Å². The molecule has 0 amide bonds. The summed E-state index contributed by atoms with van der Waals surface area (Å²) in [6.07, 6.45) is 0. The van der Waals surface area contributed by atoms with Gasteiger partial charge in [-0.2, -0.15) is 0 Å². The van der Waals surface area contributed by atoms with Crippen LogP contribution in [0, 0.1) is 0 Å². The summed E-state index contributed by atoms with van der Waals surface area (Å²) >= 11 is 0.796. The van der Waals surface area contributed by atoms with Gasteiger partial charge < -0.3 is 0 Å². The van der Waals surface area contributed by atoms with Gasteiger partial charge in [0.2, 0.25) is 15.3 Å². The third-order valence-corrected chi connectivity index (χ3v) is 1.80. The molecule has 0 unspecified atom stereocenters. The summed E-state index contributed by atoms with van der Waals surface area (Å²) in [4.78, 5) is 0. The summed E-state index contributed by atoms with van der Waals surface area (Å²) in [5.41, 5.74) is 0. The SMILES string of the molecule is O=PSP=O. The largest absolute Gasteiger partial charge is 0.261 e. The number of hydrogen-bond donors (Lipinski definition) is 0. The molecule has 0 bridgehead atoms. The van der Waals surface area contributed by atoms with Crippen molar-refractivity contribution in [1.29, 1.82) is 0 Å². The molecule has 0 aromatic heterocycles. The topological polar surface area (TPSA) is 34.1 Å². The minimum absolute atomic E-state index is 0.128. The van der Waals surface area contributed by atoms with Gasteiger partial charge in [-0.3, -0.25) is 9.13 Å². The molecule has 0 N–H and O–H groups in total. The van der Waals surface area contributed by atoms with Crippen LogP contribution in [0.2, 0.25) is 0 Å². The van der Waals surface area contributed by atoms with E-state index in [2.05, 4.69) is 0 Å². The zero-order valence-electron chi connectivity index (χ0n) is 2.12. The lowest BCUT2D eigenvalue weighted by Crippen LogP contribution is -0.966. The fourth-order valence-corrected chi connectivity index (χ4v) is 0.367. The summed E-state index contributed by atoms with van der Waals surface area (Å²) in [6.45, 7) is 0. The first kappa shape index (κ1) is 5.55. The molecule has 0 fully saturated rings. The number of rotatable bonds is 2. The lowest BCUT2D eigenvalue weighted by atomic mass is 16.0. The normalized spacial score (nSPS) is 9.60. The quantitative estimate of drug-likeness (QED) is 0.531. The maximum Gasteiger partial charge on any atom is 0.239 e. The van der Waals surface area contributed by atoms with Crippen molar-refractivity contribution < 1.29 is 9.13 Å². The van der Waals surface area contributed by atoms with Gasteiger partial charge in [0.1, 0.15) is 0 Å². The Morgan fingerprint density at radius 2 is 1.60 bits per heavy atom. The van der Waals surface area contributed by atoms with Crippen LogP contribution in [0.3, 0.4) is 0 Å². The molecule has 0 atom stereocenters. The molecule has 0 rings (SSSR count). The first-order valence-corrected chi connectivity index (χ1v) is 4.38. The summed E-state index contributed by atoms with van der Waals surface area (Å²) < 4.78 is 18.5. The fraction of sp³-hybridized carbons (Fsp3) is 0. The monoisotopic (exact) mass is 126 g/mol. The minimum atomic E-state index is -0.128. The van der Waals surface area contributed by atoms with E-state index in [9.17, 15) is 9.13 Å². The Morgan fingerprint density at radius 1 is 1.20 bits per heavy atom. The van der Waals surface area contributed by atoms with Gasteiger partial charge in [-0.1, -0.05) is 0 Å². The second kappa shape index (κ2) is 4.55. The van der Waals surface area contributed by atoms with E-state index >= 15 is 0 Å². The molecule has 0 spiro atoms. The van der Waals surface area contributed by atoms with E-state index < -0.39 is 0 Å². The summed E-state index contributed by atoms with van der Waals surface area (Å²) in [7, 11) is -0.257. The van der Waals surface area contributed by atoms with Gasteiger partial charge >= 0.3 is 0 Å². The third kappa shape index (κ3) is 4.55. The molecule has 0 saturated heterocycles. The Labute approximate surface area is 36.2 Å². The molecule has 0 heterocycles. The second-order valence-corrected chi connectivity index (χ2v) is 3.55. The highest BCUT2D eigenvalue weighted by atomic mass is 33.0. The first-order chi connectivity index (χ1) is 2.41. The lowest BCUT2D eigenvalue weighted by molar-refractivity contribution is 0.604. The molecule has 0 aromatic rings. The van der Waals surface area contributed by atoms with Gasteiger partial charge in [0.15, 0.2) is 0 Å². The van der Waals surface area contributed by atoms with Crippen LogP contribution in [-0.2, 0) is 9.13 Å². The lowest BCUT2D eigenvalue weighted by Gasteiger charge is -1.48. The third-order valence-electron chi connectivity index (χ3n) is 0.0667. The minimum Gasteiger partial charge on any atom is -0.261 e.